The molecule has 0 heterocycles. The molecule has 0 radical (unpaired) electrons. The largest absolute Gasteiger partial charge is 0.497 e. The second-order valence-electron chi connectivity index (χ2n) is 6.25. The first-order valence-electron chi connectivity index (χ1n) is 8.53. The minimum Gasteiger partial charge on any atom is -0.497 e. The van der Waals surface area contributed by atoms with Crippen LogP contribution >= 0.6 is 0 Å². The number of methoxy groups -OCH3 is 1. The molecule has 1 aromatic carbocycles. The third kappa shape index (κ3) is 7.52. The van der Waals surface area contributed by atoms with Crippen molar-refractivity contribution in [3.8, 4) is 5.75 Å². The third-order valence-electron chi connectivity index (χ3n) is 4.06. The Kier molecular flexibility index (Phi) is 9.16. The van der Waals surface area contributed by atoms with E-state index < -0.39 is 0 Å². The molecule has 1 aromatic rings. The predicted octanol–water partition coefficient (Wildman–Crippen LogP) is 4.68. The van der Waals surface area contributed by atoms with Crippen LogP contribution in [0.4, 0.5) is 0 Å². The number of rotatable bonds is 11. The van der Waals surface area contributed by atoms with Crippen LogP contribution in [0.3, 0.4) is 0 Å². The molecule has 1 N–H and O–H groups in total. The second kappa shape index (κ2) is 10.7. The van der Waals surface area contributed by atoms with Crippen molar-refractivity contribution in [1.82, 2.24) is 5.32 Å². The molecule has 2 unspecified atom stereocenters. The van der Waals surface area contributed by atoms with Crippen molar-refractivity contribution in [2.75, 3.05) is 20.2 Å². The van der Waals surface area contributed by atoms with Gasteiger partial charge in [-0.3, -0.25) is 0 Å². The second-order valence-corrected chi connectivity index (χ2v) is 6.25. The molecular formula is C19H33NO. The van der Waals surface area contributed by atoms with E-state index in [4.69, 9.17) is 4.74 Å². The molecule has 0 fully saturated rings. The Bertz CT molecular complexity index is 360. The van der Waals surface area contributed by atoms with Crippen LogP contribution in [0.15, 0.2) is 24.3 Å². The van der Waals surface area contributed by atoms with Crippen molar-refractivity contribution in [3.63, 3.8) is 0 Å². The first-order chi connectivity index (χ1) is 10.2. The highest BCUT2D eigenvalue weighted by Gasteiger charge is 2.13. The van der Waals surface area contributed by atoms with Gasteiger partial charge in [0.1, 0.15) is 5.75 Å². The Labute approximate surface area is 131 Å². The van der Waals surface area contributed by atoms with Crippen molar-refractivity contribution in [2.24, 2.45) is 11.8 Å². The average molecular weight is 291 g/mol. The van der Waals surface area contributed by atoms with Gasteiger partial charge in [0, 0.05) is 0 Å². The maximum absolute atomic E-state index is 5.24. The van der Waals surface area contributed by atoms with Gasteiger partial charge in [0.25, 0.3) is 0 Å². The summed E-state index contributed by atoms with van der Waals surface area (Å²) in [7, 11) is 1.72. The fourth-order valence-electron chi connectivity index (χ4n) is 3.00. The van der Waals surface area contributed by atoms with E-state index in [1.807, 2.05) is 0 Å². The molecule has 0 amide bonds. The Morgan fingerprint density at radius 1 is 1.10 bits per heavy atom. The molecule has 2 heteroatoms. The summed E-state index contributed by atoms with van der Waals surface area (Å²) in [4.78, 5) is 0. The van der Waals surface area contributed by atoms with Crippen LogP contribution in [-0.2, 0) is 6.42 Å². The number of nitrogens with one attached hydrogen (secondary N) is 1. The summed E-state index contributed by atoms with van der Waals surface area (Å²) in [5.41, 5.74) is 1.42. The molecule has 0 saturated carbocycles. The van der Waals surface area contributed by atoms with E-state index >= 15 is 0 Å². The number of hydrogen-bond acceptors (Lipinski definition) is 2. The molecule has 2 atom stereocenters. The lowest BCUT2D eigenvalue weighted by molar-refractivity contribution is 0.354. The van der Waals surface area contributed by atoms with Gasteiger partial charge in [0.15, 0.2) is 0 Å². The van der Waals surface area contributed by atoms with Gasteiger partial charge in [-0.05, 0) is 61.9 Å². The van der Waals surface area contributed by atoms with E-state index in [1.165, 1.54) is 31.2 Å². The summed E-state index contributed by atoms with van der Waals surface area (Å²) in [5, 5.41) is 3.60. The lowest BCUT2D eigenvalue weighted by Gasteiger charge is -2.21. The van der Waals surface area contributed by atoms with Crippen molar-refractivity contribution in [1.29, 1.82) is 0 Å². The molecule has 2 nitrogen and oxygen atoms in total. The Balaban J connectivity index is 2.56. The van der Waals surface area contributed by atoms with Gasteiger partial charge < -0.3 is 10.1 Å². The zero-order chi connectivity index (χ0) is 15.5. The van der Waals surface area contributed by atoms with E-state index in [0.29, 0.717) is 0 Å². The van der Waals surface area contributed by atoms with E-state index in [0.717, 1.165) is 37.1 Å². The lowest BCUT2D eigenvalue weighted by Crippen LogP contribution is -2.26. The lowest BCUT2D eigenvalue weighted by atomic mass is 9.88. The van der Waals surface area contributed by atoms with Gasteiger partial charge in [-0.15, -0.1) is 0 Å². The molecule has 0 aliphatic rings. The van der Waals surface area contributed by atoms with Crippen LogP contribution in [0.1, 0.15) is 52.0 Å². The highest BCUT2D eigenvalue weighted by molar-refractivity contribution is 5.27. The zero-order valence-corrected chi connectivity index (χ0v) is 14.3. The van der Waals surface area contributed by atoms with Gasteiger partial charge in [-0.1, -0.05) is 45.7 Å². The van der Waals surface area contributed by atoms with Crippen LogP contribution in [-0.4, -0.2) is 20.2 Å². The predicted molar refractivity (Wildman–Crippen MR) is 92.0 cm³/mol. The summed E-state index contributed by atoms with van der Waals surface area (Å²) in [6, 6.07) is 8.55. The van der Waals surface area contributed by atoms with Crippen LogP contribution in [0, 0.1) is 11.8 Å². The molecule has 0 aliphatic carbocycles. The topological polar surface area (TPSA) is 21.3 Å². The van der Waals surface area contributed by atoms with E-state index in [1.54, 1.807) is 7.11 Å². The van der Waals surface area contributed by atoms with Gasteiger partial charge in [-0.25, -0.2) is 0 Å². The fourth-order valence-corrected chi connectivity index (χ4v) is 3.00. The first kappa shape index (κ1) is 18.0. The van der Waals surface area contributed by atoms with Crippen LogP contribution in [0.25, 0.3) is 0 Å². The van der Waals surface area contributed by atoms with Crippen LogP contribution in [0.5, 0.6) is 5.75 Å². The van der Waals surface area contributed by atoms with Crippen molar-refractivity contribution < 1.29 is 4.74 Å². The zero-order valence-electron chi connectivity index (χ0n) is 14.3. The van der Waals surface area contributed by atoms with Crippen LogP contribution < -0.4 is 10.1 Å². The van der Waals surface area contributed by atoms with Crippen LogP contribution in [0.2, 0.25) is 0 Å². The highest BCUT2D eigenvalue weighted by Crippen LogP contribution is 2.21. The quantitative estimate of drug-likeness (QED) is 0.598. The molecule has 0 bridgehead atoms. The average Bonchev–Trinajstić information content (AvgIpc) is 2.48. The minimum absolute atomic E-state index is 0.728. The van der Waals surface area contributed by atoms with Crippen molar-refractivity contribution in [2.45, 2.75) is 52.9 Å². The summed E-state index contributed by atoms with van der Waals surface area (Å²) in [6.45, 7) is 9.16. The normalized spacial score (nSPS) is 13.9. The Morgan fingerprint density at radius 2 is 1.81 bits per heavy atom. The SMILES string of the molecule is CCCNCC(Cc1ccc(OC)cc1)CC(C)CCC. The Hall–Kier alpha value is -1.02. The number of ether oxygens (including phenoxy) is 1. The smallest absolute Gasteiger partial charge is 0.118 e. The van der Waals surface area contributed by atoms with Crippen molar-refractivity contribution >= 4 is 0 Å². The summed E-state index contributed by atoms with van der Waals surface area (Å²) in [6.07, 6.45) is 6.32. The van der Waals surface area contributed by atoms with E-state index in [2.05, 4.69) is 50.4 Å². The molecule has 120 valence electrons. The molecule has 21 heavy (non-hydrogen) atoms. The standard InChI is InChI=1S/C19H33NO/c1-5-7-16(3)13-18(15-20-12-6-2)14-17-8-10-19(21-4)11-9-17/h8-11,16,18,20H,5-7,12-15H2,1-4H3. The van der Waals surface area contributed by atoms with E-state index in [-0.39, 0.29) is 0 Å². The highest BCUT2D eigenvalue weighted by atomic mass is 16.5. The first-order valence-corrected chi connectivity index (χ1v) is 8.53. The summed E-state index contributed by atoms with van der Waals surface area (Å²) in [5.74, 6) is 2.49. The molecule has 0 aliphatic heterocycles. The fraction of sp³-hybridized carbons (Fsp3) is 0.684. The van der Waals surface area contributed by atoms with Crippen molar-refractivity contribution in [3.05, 3.63) is 29.8 Å². The minimum atomic E-state index is 0.728. The monoisotopic (exact) mass is 291 g/mol. The maximum Gasteiger partial charge on any atom is 0.118 e. The summed E-state index contributed by atoms with van der Waals surface area (Å²) >= 11 is 0. The summed E-state index contributed by atoms with van der Waals surface area (Å²) < 4.78 is 5.24. The van der Waals surface area contributed by atoms with Gasteiger partial charge in [0.05, 0.1) is 7.11 Å². The third-order valence-corrected chi connectivity index (χ3v) is 4.06. The van der Waals surface area contributed by atoms with Gasteiger partial charge >= 0.3 is 0 Å². The van der Waals surface area contributed by atoms with Gasteiger partial charge in [-0.2, -0.15) is 0 Å². The Morgan fingerprint density at radius 3 is 2.38 bits per heavy atom. The molecule has 0 spiro atoms. The molecule has 1 rings (SSSR count). The number of hydrogen-bond donors (Lipinski definition) is 1. The molecular weight excluding hydrogens is 258 g/mol. The maximum atomic E-state index is 5.24. The molecule has 0 aromatic heterocycles. The molecule has 0 saturated heterocycles. The van der Waals surface area contributed by atoms with E-state index in [9.17, 15) is 0 Å². The van der Waals surface area contributed by atoms with Gasteiger partial charge in [0.2, 0.25) is 0 Å². The number of benzene rings is 1.